The highest BCUT2D eigenvalue weighted by Crippen LogP contribution is 2.32. The molecule has 0 aliphatic carbocycles. The molecule has 0 amide bonds. The van der Waals surface area contributed by atoms with E-state index in [1.807, 2.05) is 11.4 Å². The minimum atomic E-state index is -3.53. The summed E-state index contributed by atoms with van der Waals surface area (Å²) < 4.78 is 26.6. The van der Waals surface area contributed by atoms with E-state index in [2.05, 4.69) is 0 Å². The van der Waals surface area contributed by atoms with Crippen LogP contribution in [-0.2, 0) is 14.8 Å². The van der Waals surface area contributed by atoms with Crippen LogP contribution in [0.1, 0.15) is 22.6 Å². The third kappa shape index (κ3) is 3.40. The van der Waals surface area contributed by atoms with Gasteiger partial charge in [0.05, 0.1) is 5.97 Å². The normalized spacial score (nSPS) is 16.8. The molecule has 0 bridgehead atoms. The average molecular weight is 368 g/mol. The van der Waals surface area contributed by atoms with E-state index in [0.29, 0.717) is 18.0 Å². The zero-order valence-electron chi connectivity index (χ0n) is 12.1. The molecule has 3 heterocycles. The quantitative estimate of drug-likeness (QED) is 0.755. The molecule has 2 aromatic heterocycles. The fourth-order valence-electron chi connectivity index (χ4n) is 2.41. The molecule has 0 saturated carbocycles. The van der Waals surface area contributed by atoms with Crippen molar-refractivity contribution in [2.75, 3.05) is 13.1 Å². The first-order valence-electron chi connectivity index (χ1n) is 7.05. The summed E-state index contributed by atoms with van der Waals surface area (Å²) in [7, 11) is -3.53. The largest absolute Gasteiger partial charge is 0.545 e. The predicted molar refractivity (Wildman–Crippen MR) is 89.5 cm³/mol. The van der Waals surface area contributed by atoms with Gasteiger partial charge in [-0.1, -0.05) is 6.07 Å². The van der Waals surface area contributed by atoms with E-state index in [1.54, 1.807) is 6.07 Å². The topological polar surface area (TPSA) is 77.5 Å². The van der Waals surface area contributed by atoms with E-state index in [1.165, 1.54) is 33.9 Å². The summed E-state index contributed by atoms with van der Waals surface area (Å²) >= 11 is 2.38. The fraction of sp³-hybridized carbons (Fsp3) is 0.267. The number of hydrogen-bond acceptors (Lipinski definition) is 6. The highest BCUT2D eigenvalue weighted by molar-refractivity contribution is 7.91. The van der Waals surface area contributed by atoms with Gasteiger partial charge >= 0.3 is 0 Å². The molecule has 23 heavy (non-hydrogen) atoms. The standard InChI is InChI=1S/C15H15NO4S3/c17-15(18)12(10-11-4-3-9-21-11)13-5-6-14(22-13)23(19,20)16-7-1-2-8-16/h3-6,9-10H,1-2,7-8H2,(H,17,18)/p-1/b12-10-. The van der Waals surface area contributed by atoms with Gasteiger partial charge in [-0.25, -0.2) is 8.42 Å². The lowest BCUT2D eigenvalue weighted by Gasteiger charge is -2.13. The molecule has 0 atom stereocenters. The molecule has 5 nitrogen and oxygen atoms in total. The number of carboxylic acid groups (broad SMARTS) is 1. The Morgan fingerprint density at radius 2 is 1.96 bits per heavy atom. The molecule has 8 heteroatoms. The van der Waals surface area contributed by atoms with E-state index in [9.17, 15) is 18.3 Å². The third-order valence-corrected chi connectivity index (χ3v) is 7.86. The van der Waals surface area contributed by atoms with Crippen molar-refractivity contribution in [3.8, 4) is 0 Å². The van der Waals surface area contributed by atoms with Gasteiger partial charge in [-0.05, 0) is 42.5 Å². The maximum atomic E-state index is 12.5. The molecular formula is C15H14NO4S3-. The Balaban J connectivity index is 1.95. The third-order valence-electron chi connectivity index (χ3n) is 3.56. The molecule has 1 aliphatic heterocycles. The Bertz CT molecular complexity index is 828. The molecule has 0 N–H and O–H groups in total. The Hall–Kier alpha value is -1.48. The predicted octanol–water partition coefficient (Wildman–Crippen LogP) is 1.88. The van der Waals surface area contributed by atoms with Crippen LogP contribution in [0.25, 0.3) is 11.6 Å². The molecule has 2 aromatic rings. The van der Waals surface area contributed by atoms with E-state index in [0.717, 1.165) is 29.1 Å². The fourth-order valence-corrected chi connectivity index (χ4v) is 6.04. The van der Waals surface area contributed by atoms with Gasteiger partial charge in [-0.15, -0.1) is 22.7 Å². The van der Waals surface area contributed by atoms with Crippen LogP contribution in [-0.4, -0.2) is 31.8 Å². The Morgan fingerprint density at radius 1 is 1.22 bits per heavy atom. The van der Waals surface area contributed by atoms with E-state index in [-0.39, 0.29) is 9.78 Å². The van der Waals surface area contributed by atoms with Gasteiger partial charge in [0.25, 0.3) is 10.0 Å². The van der Waals surface area contributed by atoms with Crippen molar-refractivity contribution in [2.45, 2.75) is 17.1 Å². The monoisotopic (exact) mass is 368 g/mol. The summed E-state index contributed by atoms with van der Waals surface area (Å²) in [5.74, 6) is -1.31. The molecule has 0 unspecified atom stereocenters. The second-order valence-corrected chi connectivity index (χ2v) is 9.32. The number of carbonyl (C=O) groups is 1. The van der Waals surface area contributed by atoms with Crippen LogP contribution in [0, 0.1) is 0 Å². The minimum Gasteiger partial charge on any atom is -0.545 e. The molecule has 1 saturated heterocycles. The first-order chi connectivity index (χ1) is 11.0. The van der Waals surface area contributed by atoms with Crippen LogP contribution in [0.3, 0.4) is 0 Å². The molecular weight excluding hydrogens is 354 g/mol. The van der Waals surface area contributed by atoms with E-state index in [4.69, 9.17) is 0 Å². The summed E-state index contributed by atoms with van der Waals surface area (Å²) in [5.41, 5.74) is 0.000298. The van der Waals surface area contributed by atoms with Gasteiger partial charge in [-0.2, -0.15) is 4.31 Å². The summed E-state index contributed by atoms with van der Waals surface area (Å²) in [4.78, 5) is 12.6. The Morgan fingerprint density at radius 3 is 2.57 bits per heavy atom. The number of nitrogens with zero attached hydrogens (tertiary/aromatic N) is 1. The SMILES string of the molecule is O=C([O-])/C(=C\c1cccs1)c1ccc(S(=O)(=O)N2CCCC2)s1. The van der Waals surface area contributed by atoms with Gasteiger partial charge in [0.15, 0.2) is 0 Å². The van der Waals surface area contributed by atoms with Crippen molar-refractivity contribution < 1.29 is 18.3 Å². The van der Waals surface area contributed by atoms with Crippen molar-refractivity contribution in [1.82, 2.24) is 4.31 Å². The Kier molecular flexibility index (Phi) is 4.67. The van der Waals surface area contributed by atoms with E-state index >= 15 is 0 Å². The highest BCUT2D eigenvalue weighted by Gasteiger charge is 2.28. The second kappa shape index (κ2) is 6.56. The number of carbonyl (C=O) groups excluding carboxylic acids is 1. The van der Waals surface area contributed by atoms with Crippen molar-refractivity contribution in [2.24, 2.45) is 0 Å². The maximum Gasteiger partial charge on any atom is 0.252 e. The van der Waals surface area contributed by atoms with Crippen molar-refractivity contribution in [3.05, 3.63) is 39.4 Å². The molecule has 122 valence electrons. The lowest BCUT2D eigenvalue weighted by atomic mass is 10.2. The number of aliphatic carboxylic acids is 1. The maximum absolute atomic E-state index is 12.5. The van der Waals surface area contributed by atoms with Crippen LogP contribution in [0.15, 0.2) is 33.9 Å². The van der Waals surface area contributed by atoms with Crippen molar-refractivity contribution in [3.63, 3.8) is 0 Å². The van der Waals surface area contributed by atoms with Crippen LogP contribution in [0.4, 0.5) is 0 Å². The number of thiophene rings is 2. The zero-order valence-corrected chi connectivity index (χ0v) is 14.5. The lowest BCUT2D eigenvalue weighted by molar-refractivity contribution is -0.295. The molecule has 0 aromatic carbocycles. The average Bonchev–Trinajstić information content (AvgIpc) is 3.24. The highest BCUT2D eigenvalue weighted by atomic mass is 32.2. The van der Waals surface area contributed by atoms with Crippen LogP contribution in [0.2, 0.25) is 0 Å². The number of rotatable bonds is 5. The number of carboxylic acids is 1. The summed E-state index contributed by atoms with van der Waals surface area (Å²) in [6.45, 7) is 1.04. The number of hydrogen-bond donors (Lipinski definition) is 0. The van der Waals surface area contributed by atoms with Gasteiger partial charge < -0.3 is 9.90 Å². The van der Waals surface area contributed by atoms with E-state index < -0.39 is 16.0 Å². The smallest absolute Gasteiger partial charge is 0.252 e. The molecule has 1 aliphatic rings. The first-order valence-corrected chi connectivity index (χ1v) is 10.2. The van der Waals surface area contributed by atoms with Gasteiger partial charge in [0.1, 0.15) is 4.21 Å². The number of sulfonamides is 1. The summed E-state index contributed by atoms with van der Waals surface area (Å²) in [6, 6.07) is 6.62. The molecule has 1 fully saturated rings. The zero-order chi connectivity index (χ0) is 16.4. The van der Waals surface area contributed by atoms with Crippen LogP contribution in [0.5, 0.6) is 0 Å². The molecule has 0 spiro atoms. The van der Waals surface area contributed by atoms with Crippen molar-refractivity contribution in [1.29, 1.82) is 0 Å². The second-order valence-electron chi connectivity index (χ2n) is 5.09. The lowest BCUT2D eigenvalue weighted by Crippen LogP contribution is -2.27. The summed E-state index contributed by atoms with van der Waals surface area (Å²) in [5, 5.41) is 13.3. The van der Waals surface area contributed by atoms with Crippen LogP contribution >= 0.6 is 22.7 Å². The molecule has 3 rings (SSSR count). The van der Waals surface area contributed by atoms with Crippen molar-refractivity contribution >= 4 is 50.3 Å². The molecule has 0 radical (unpaired) electrons. The first kappa shape index (κ1) is 16.4. The van der Waals surface area contributed by atoms with Gasteiger partial charge in [0.2, 0.25) is 0 Å². The van der Waals surface area contributed by atoms with Crippen LogP contribution < -0.4 is 5.11 Å². The minimum absolute atomic E-state index is 0.000298. The summed E-state index contributed by atoms with van der Waals surface area (Å²) in [6.07, 6.45) is 3.23. The van der Waals surface area contributed by atoms with Gasteiger partial charge in [-0.3, -0.25) is 0 Å². The Labute approximate surface area is 142 Å². The van der Waals surface area contributed by atoms with Gasteiger partial charge in [0, 0.05) is 28.4 Å².